The first kappa shape index (κ1) is 51.6. The maximum atomic E-state index is 14.3. The molecule has 0 atom stereocenters. The van der Waals surface area contributed by atoms with E-state index in [1.165, 1.54) is 9.36 Å². The van der Waals surface area contributed by atoms with Gasteiger partial charge in [0.15, 0.2) is 0 Å². The molecule has 12 rings (SSSR count). The monoisotopic (exact) mass is 1050 g/mol. The number of para-hydroxylation sites is 2. The van der Waals surface area contributed by atoms with E-state index in [4.69, 9.17) is 11.5 Å². The van der Waals surface area contributed by atoms with Gasteiger partial charge in [-0.05, 0) is 123 Å². The number of benzene rings is 8. The van der Waals surface area contributed by atoms with Gasteiger partial charge in [0.05, 0.1) is 45.2 Å². The number of ketones is 2. The number of carbonyl (C=O) groups is 2. The topological polar surface area (TPSA) is 166 Å². The number of aromatic nitrogens is 6. The molecule has 12 heteroatoms. The number of nitrogens with two attached hydrogens (primary N) is 2. The van der Waals surface area contributed by atoms with E-state index in [0.717, 1.165) is 77.7 Å². The summed E-state index contributed by atoms with van der Waals surface area (Å²) in [7, 11) is 3.59. The molecule has 12 aromatic rings. The third kappa shape index (κ3) is 9.28. The van der Waals surface area contributed by atoms with Gasteiger partial charge in [0.2, 0.25) is 11.6 Å². The Hall–Kier alpha value is -10.5. The summed E-state index contributed by atoms with van der Waals surface area (Å²) in [6, 6.07) is 64.8. The first-order chi connectivity index (χ1) is 38.7. The van der Waals surface area contributed by atoms with Crippen LogP contribution in [0.2, 0.25) is 0 Å². The van der Waals surface area contributed by atoms with Crippen molar-refractivity contribution < 1.29 is 9.59 Å². The number of fused-ring (bicyclic) bond motifs is 2. The van der Waals surface area contributed by atoms with Gasteiger partial charge in [-0.25, -0.2) is 9.36 Å². The van der Waals surface area contributed by atoms with Gasteiger partial charge in [0.1, 0.15) is 11.1 Å². The molecule has 0 bridgehead atoms. The third-order valence-electron chi connectivity index (χ3n) is 14.7. The van der Waals surface area contributed by atoms with Crippen LogP contribution in [-0.4, -0.2) is 40.3 Å². The highest BCUT2D eigenvalue weighted by molar-refractivity contribution is 6.18. The second kappa shape index (κ2) is 21.2. The van der Waals surface area contributed by atoms with Crippen molar-refractivity contribution in [2.45, 2.75) is 27.7 Å². The molecular formula is C68H56N8O4. The normalized spacial score (nSPS) is 11.2. The summed E-state index contributed by atoms with van der Waals surface area (Å²) >= 11 is 0. The molecule has 4 N–H and O–H groups in total. The molecule has 0 radical (unpaired) electrons. The summed E-state index contributed by atoms with van der Waals surface area (Å²) in [5, 5.41) is 1.97. The Balaban J connectivity index is 0.000000169. The average molecular weight is 1050 g/mol. The SMILES string of the molecule is Cc1ccc2cc(-c3c(C)ccc(C(=O)c4c(-c5ccccc5)n(C)n(-c5ccccc5)c4=O)c3N)ccc2n1.Cc1ccc2cc(-c3c(C)ccc(C(=O)c4c(-c5ccccc5)n(C)n(-c5ccccc5)c4=O)c3N)ccc2n1. The Labute approximate surface area is 462 Å². The molecule has 4 aromatic heterocycles. The highest BCUT2D eigenvalue weighted by atomic mass is 16.2. The minimum absolute atomic E-state index is 0.0808. The molecule has 0 saturated heterocycles. The number of rotatable bonds is 10. The van der Waals surface area contributed by atoms with Crippen molar-refractivity contribution in [3.8, 4) is 56.1 Å². The van der Waals surface area contributed by atoms with E-state index in [1.54, 1.807) is 35.6 Å². The largest absolute Gasteiger partial charge is 0.398 e. The summed E-state index contributed by atoms with van der Waals surface area (Å²) < 4.78 is 6.53. The van der Waals surface area contributed by atoms with E-state index in [0.29, 0.717) is 45.3 Å². The predicted molar refractivity (Wildman–Crippen MR) is 322 cm³/mol. The van der Waals surface area contributed by atoms with Crippen molar-refractivity contribution in [2.75, 3.05) is 11.5 Å². The molecule has 0 aliphatic rings. The van der Waals surface area contributed by atoms with Crippen LogP contribution in [0.5, 0.6) is 0 Å². The van der Waals surface area contributed by atoms with Gasteiger partial charge in [0, 0.05) is 69.6 Å². The Morgan fingerprint density at radius 3 is 1.11 bits per heavy atom. The van der Waals surface area contributed by atoms with Crippen LogP contribution in [0.3, 0.4) is 0 Å². The molecule has 0 aliphatic carbocycles. The quantitative estimate of drug-likeness (QED) is 0.101. The molecule has 80 heavy (non-hydrogen) atoms. The van der Waals surface area contributed by atoms with E-state index in [2.05, 4.69) is 9.97 Å². The number of nitrogens with zero attached hydrogens (tertiary/aromatic N) is 6. The van der Waals surface area contributed by atoms with Crippen molar-refractivity contribution in [1.82, 2.24) is 28.7 Å². The molecule has 8 aromatic carbocycles. The van der Waals surface area contributed by atoms with Gasteiger partial charge < -0.3 is 11.5 Å². The van der Waals surface area contributed by atoms with Gasteiger partial charge in [-0.2, -0.15) is 0 Å². The Bertz CT molecular complexity index is 4230. The number of carbonyl (C=O) groups excluding carboxylic acids is 2. The van der Waals surface area contributed by atoms with E-state index in [-0.39, 0.29) is 11.1 Å². The fourth-order valence-corrected chi connectivity index (χ4v) is 10.8. The molecule has 0 aliphatic heterocycles. The number of anilines is 2. The minimum Gasteiger partial charge on any atom is -0.398 e. The summed E-state index contributed by atoms with van der Waals surface area (Å²) in [5.74, 6) is -0.822. The lowest BCUT2D eigenvalue weighted by molar-refractivity contribution is 0.103. The summed E-state index contributed by atoms with van der Waals surface area (Å²) in [6.45, 7) is 7.86. The predicted octanol–water partition coefficient (Wildman–Crippen LogP) is 13.0. The van der Waals surface area contributed by atoms with Gasteiger partial charge >= 0.3 is 0 Å². The number of hydrogen-bond acceptors (Lipinski definition) is 8. The summed E-state index contributed by atoms with van der Waals surface area (Å²) in [4.78, 5) is 65.8. The van der Waals surface area contributed by atoms with E-state index in [9.17, 15) is 19.2 Å². The van der Waals surface area contributed by atoms with Crippen molar-refractivity contribution in [3.05, 3.63) is 272 Å². The van der Waals surface area contributed by atoms with Crippen LogP contribution < -0.4 is 22.6 Å². The maximum absolute atomic E-state index is 14.3. The molecule has 392 valence electrons. The summed E-state index contributed by atoms with van der Waals surface area (Å²) in [6.07, 6.45) is 0. The zero-order valence-electron chi connectivity index (χ0n) is 45.1. The molecule has 0 spiro atoms. The Morgan fingerprint density at radius 1 is 0.400 bits per heavy atom. The van der Waals surface area contributed by atoms with Gasteiger partial charge in [-0.3, -0.25) is 38.5 Å². The molecule has 4 heterocycles. The van der Waals surface area contributed by atoms with Crippen LogP contribution in [0.15, 0.2) is 216 Å². The van der Waals surface area contributed by atoms with Gasteiger partial charge in [-0.1, -0.05) is 133 Å². The highest BCUT2D eigenvalue weighted by Crippen LogP contribution is 2.38. The zero-order chi connectivity index (χ0) is 55.9. The van der Waals surface area contributed by atoms with Crippen LogP contribution >= 0.6 is 0 Å². The van der Waals surface area contributed by atoms with Crippen molar-refractivity contribution in [2.24, 2.45) is 14.1 Å². The Kier molecular flexibility index (Phi) is 13.7. The van der Waals surface area contributed by atoms with E-state index >= 15 is 0 Å². The number of hydrogen-bond donors (Lipinski definition) is 2. The lowest BCUT2D eigenvalue weighted by atomic mass is 9.91. The lowest BCUT2D eigenvalue weighted by Crippen LogP contribution is -2.23. The fourth-order valence-electron chi connectivity index (χ4n) is 10.8. The van der Waals surface area contributed by atoms with Crippen LogP contribution in [0, 0.1) is 27.7 Å². The van der Waals surface area contributed by atoms with Crippen LogP contribution in [0.4, 0.5) is 11.4 Å². The number of aryl methyl sites for hydroxylation is 4. The van der Waals surface area contributed by atoms with Crippen molar-refractivity contribution in [3.63, 3.8) is 0 Å². The smallest absolute Gasteiger partial charge is 0.283 e. The molecule has 0 unspecified atom stereocenters. The first-order valence-electron chi connectivity index (χ1n) is 26.2. The van der Waals surface area contributed by atoms with E-state index in [1.807, 2.05) is 222 Å². The molecule has 0 amide bonds. The standard InChI is InChI=1S/2C34H28N4O2/c2*1-21-14-18-27(31(35)29(21)25-17-19-28-24(20-25)16-15-22(2)36-28)33(39)30-32(23-10-6-4-7-11-23)37(3)38(34(30)40)26-12-8-5-9-13-26/h2*4-20H,35H2,1-3H3. The van der Waals surface area contributed by atoms with E-state index < -0.39 is 22.7 Å². The van der Waals surface area contributed by atoms with Crippen LogP contribution in [0.25, 0.3) is 77.9 Å². The molecule has 0 fully saturated rings. The summed E-state index contributed by atoms with van der Waals surface area (Å²) in [5.41, 5.74) is 27.0. The number of pyridine rings is 2. The molecule has 12 nitrogen and oxygen atoms in total. The third-order valence-corrected chi connectivity index (χ3v) is 14.7. The van der Waals surface area contributed by atoms with Crippen LogP contribution in [-0.2, 0) is 14.1 Å². The highest BCUT2D eigenvalue weighted by Gasteiger charge is 2.31. The second-order valence-corrected chi connectivity index (χ2v) is 19.9. The average Bonchev–Trinajstić information content (AvgIpc) is 4.03. The van der Waals surface area contributed by atoms with Gasteiger partial charge in [-0.15, -0.1) is 0 Å². The molecule has 0 saturated carbocycles. The molecular weight excluding hydrogens is 993 g/mol. The van der Waals surface area contributed by atoms with Crippen molar-refractivity contribution >= 4 is 44.7 Å². The Morgan fingerprint density at radius 2 is 0.750 bits per heavy atom. The van der Waals surface area contributed by atoms with Crippen LogP contribution in [0.1, 0.15) is 54.4 Å². The zero-order valence-corrected chi connectivity index (χ0v) is 45.1. The number of nitrogen functional groups attached to an aromatic ring is 2. The minimum atomic E-state index is -0.411. The lowest BCUT2D eigenvalue weighted by Gasteiger charge is -2.15. The van der Waals surface area contributed by atoms with Crippen molar-refractivity contribution in [1.29, 1.82) is 0 Å². The maximum Gasteiger partial charge on any atom is 0.283 e. The fraction of sp³-hybridized carbons (Fsp3) is 0.0882. The first-order valence-corrected chi connectivity index (χ1v) is 26.2. The van der Waals surface area contributed by atoms with Gasteiger partial charge in [0.25, 0.3) is 11.1 Å². The second-order valence-electron chi connectivity index (χ2n) is 19.9.